The van der Waals surface area contributed by atoms with E-state index in [2.05, 4.69) is 26.0 Å². The molecule has 0 amide bonds. The fraction of sp³-hybridized carbons (Fsp3) is 0.455. The molecule has 144 valence electrons. The van der Waals surface area contributed by atoms with E-state index in [9.17, 15) is 0 Å². The molecule has 0 bridgehead atoms. The summed E-state index contributed by atoms with van der Waals surface area (Å²) in [6.45, 7) is 4.33. The van der Waals surface area contributed by atoms with Crippen LogP contribution >= 0.6 is 0 Å². The zero-order valence-corrected chi connectivity index (χ0v) is 16.9. The summed E-state index contributed by atoms with van der Waals surface area (Å²) >= 11 is 0. The molecule has 0 unspecified atom stereocenters. The fourth-order valence-corrected chi connectivity index (χ4v) is 2.65. The fourth-order valence-electron chi connectivity index (χ4n) is 2.65. The molecular weight excluding hydrogens is 328 g/mol. The lowest BCUT2D eigenvalue weighted by atomic mass is 10.1. The molecule has 2 aromatic rings. The molecule has 0 saturated carbocycles. The Morgan fingerprint density at radius 1 is 0.538 bits per heavy atom. The Bertz CT molecular complexity index is 595. The van der Waals surface area contributed by atoms with Gasteiger partial charge in [0.05, 0.1) is 28.4 Å². The van der Waals surface area contributed by atoms with Gasteiger partial charge in [-0.3, -0.25) is 0 Å². The number of aryl methyl sites for hydroxylation is 2. The van der Waals surface area contributed by atoms with Crippen LogP contribution in [0.25, 0.3) is 0 Å². The van der Waals surface area contributed by atoms with Gasteiger partial charge in [0, 0.05) is 0 Å². The van der Waals surface area contributed by atoms with Crippen LogP contribution < -0.4 is 18.9 Å². The lowest BCUT2D eigenvalue weighted by molar-refractivity contribution is 0.354. The third kappa shape index (κ3) is 6.51. The van der Waals surface area contributed by atoms with Gasteiger partial charge in [-0.05, 0) is 48.2 Å². The monoisotopic (exact) mass is 360 g/mol. The normalized spacial score (nSPS) is 9.77. The van der Waals surface area contributed by atoms with Gasteiger partial charge in [-0.25, -0.2) is 0 Å². The number of hydrogen-bond donors (Lipinski definition) is 0. The van der Waals surface area contributed by atoms with Crippen molar-refractivity contribution in [2.24, 2.45) is 0 Å². The van der Waals surface area contributed by atoms with Crippen molar-refractivity contribution in [2.45, 2.75) is 39.5 Å². The van der Waals surface area contributed by atoms with E-state index in [1.54, 1.807) is 28.4 Å². The van der Waals surface area contributed by atoms with Gasteiger partial charge in [0.25, 0.3) is 0 Å². The predicted molar refractivity (Wildman–Crippen MR) is 107 cm³/mol. The van der Waals surface area contributed by atoms with E-state index in [1.807, 2.05) is 24.3 Å². The summed E-state index contributed by atoms with van der Waals surface area (Å²) in [6.07, 6.45) is 4.46. The van der Waals surface area contributed by atoms with Crippen LogP contribution in [0, 0.1) is 0 Å². The average Bonchev–Trinajstić information content (AvgIpc) is 2.68. The van der Waals surface area contributed by atoms with E-state index >= 15 is 0 Å². The highest BCUT2D eigenvalue weighted by Crippen LogP contribution is 2.28. The second-order valence-electron chi connectivity index (χ2n) is 5.88. The summed E-state index contributed by atoms with van der Waals surface area (Å²) in [5.74, 6) is 3.21. The number of hydrogen-bond acceptors (Lipinski definition) is 4. The molecule has 0 N–H and O–H groups in total. The van der Waals surface area contributed by atoms with Gasteiger partial charge in [0.1, 0.15) is 0 Å². The van der Waals surface area contributed by atoms with E-state index in [0.717, 1.165) is 48.7 Å². The van der Waals surface area contributed by atoms with Gasteiger partial charge in [0.15, 0.2) is 23.0 Å². The first-order valence-corrected chi connectivity index (χ1v) is 9.05. The Morgan fingerprint density at radius 3 is 1.15 bits per heavy atom. The maximum absolute atomic E-state index is 5.20. The molecule has 4 heteroatoms. The Morgan fingerprint density at radius 2 is 0.885 bits per heavy atom. The summed E-state index contributed by atoms with van der Waals surface area (Å²) in [5, 5.41) is 0. The van der Waals surface area contributed by atoms with Crippen molar-refractivity contribution in [1.29, 1.82) is 0 Å². The summed E-state index contributed by atoms with van der Waals surface area (Å²) in [5.41, 5.74) is 2.58. The van der Waals surface area contributed by atoms with Crippen LogP contribution in [-0.2, 0) is 12.8 Å². The number of methoxy groups -OCH3 is 4. The van der Waals surface area contributed by atoms with Crippen LogP contribution in [0.15, 0.2) is 36.4 Å². The van der Waals surface area contributed by atoms with Gasteiger partial charge >= 0.3 is 0 Å². The third-order valence-corrected chi connectivity index (χ3v) is 3.97. The van der Waals surface area contributed by atoms with Crippen LogP contribution in [0.5, 0.6) is 23.0 Å². The molecule has 0 aliphatic heterocycles. The zero-order chi connectivity index (χ0) is 19.4. The van der Waals surface area contributed by atoms with Gasteiger partial charge < -0.3 is 18.9 Å². The van der Waals surface area contributed by atoms with Crippen LogP contribution in [0.2, 0.25) is 0 Å². The lowest BCUT2D eigenvalue weighted by Gasteiger charge is -2.08. The van der Waals surface area contributed by atoms with E-state index < -0.39 is 0 Å². The van der Waals surface area contributed by atoms with Crippen molar-refractivity contribution in [2.75, 3.05) is 28.4 Å². The summed E-state index contributed by atoms with van der Waals surface area (Å²) < 4.78 is 20.7. The highest BCUT2D eigenvalue weighted by molar-refractivity contribution is 5.43. The molecule has 0 radical (unpaired) electrons. The van der Waals surface area contributed by atoms with Gasteiger partial charge in [0.2, 0.25) is 0 Å². The molecule has 0 aromatic heterocycles. The highest BCUT2D eigenvalue weighted by atomic mass is 16.5. The van der Waals surface area contributed by atoms with Crippen molar-refractivity contribution >= 4 is 0 Å². The van der Waals surface area contributed by atoms with Gasteiger partial charge in [-0.2, -0.15) is 0 Å². The highest BCUT2D eigenvalue weighted by Gasteiger charge is 2.04. The Labute approximate surface area is 158 Å². The minimum Gasteiger partial charge on any atom is -0.493 e. The molecule has 26 heavy (non-hydrogen) atoms. The number of rotatable bonds is 8. The quantitative estimate of drug-likeness (QED) is 0.639. The maximum Gasteiger partial charge on any atom is 0.160 e. The molecule has 0 spiro atoms. The SMILES string of the molecule is CCCc1ccc(OC)c(OC)c1.CCCc1ccc(OC)c(OC)c1. The lowest BCUT2D eigenvalue weighted by Crippen LogP contribution is -1.92. The van der Waals surface area contributed by atoms with Crippen molar-refractivity contribution in [3.05, 3.63) is 47.5 Å². The first kappa shape index (κ1) is 21.7. The van der Waals surface area contributed by atoms with E-state index in [0.29, 0.717) is 0 Å². The number of benzene rings is 2. The number of ether oxygens (including phenoxy) is 4. The van der Waals surface area contributed by atoms with Gasteiger partial charge in [-0.1, -0.05) is 38.8 Å². The molecule has 0 saturated heterocycles. The average molecular weight is 360 g/mol. The van der Waals surface area contributed by atoms with E-state index in [-0.39, 0.29) is 0 Å². The van der Waals surface area contributed by atoms with Crippen LogP contribution in [0.4, 0.5) is 0 Å². The summed E-state index contributed by atoms with van der Waals surface area (Å²) in [4.78, 5) is 0. The molecule has 0 fully saturated rings. The first-order valence-electron chi connectivity index (χ1n) is 9.05. The maximum atomic E-state index is 5.20. The second kappa shape index (κ2) is 12.1. The molecule has 2 aromatic carbocycles. The smallest absolute Gasteiger partial charge is 0.160 e. The zero-order valence-electron chi connectivity index (χ0n) is 16.9. The Balaban J connectivity index is 0.000000260. The molecule has 2 rings (SSSR count). The molecule has 0 aliphatic rings. The molecule has 0 atom stereocenters. The summed E-state index contributed by atoms with van der Waals surface area (Å²) in [7, 11) is 6.62. The van der Waals surface area contributed by atoms with Crippen molar-refractivity contribution in [3.8, 4) is 23.0 Å². The minimum atomic E-state index is 0.794. The summed E-state index contributed by atoms with van der Waals surface area (Å²) in [6, 6.07) is 12.1. The first-order chi connectivity index (χ1) is 12.6. The van der Waals surface area contributed by atoms with Crippen LogP contribution in [-0.4, -0.2) is 28.4 Å². The largest absolute Gasteiger partial charge is 0.493 e. The molecule has 0 heterocycles. The van der Waals surface area contributed by atoms with Crippen molar-refractivity contribution < 1.29 is 18.9 Å². The predicted octanol–water partition coefficient (Wildman–Crippen LogP) is 5.31. The molecular formula is C22H32O4. The van der Waals surface area contributed by atoms with Crippen molar-refractivity contribution in [1.82, 2.24) is 0 Å². The minimum absolute atomic E-state index is 0.794. The molecule has 4 nitrogen and oxygen atoms in total. The van der Waals surface area contributed by atoms with E-state index in [1.165, 1.54) is 11.1 Å². The van der Waals surface area contributed by atoms with Gasteiger partial charge in [-0.15, -0.1) is 0 Å². The van der Waals surface area contributed by atoms with Crippen LogP contribution in [0.1, 0.15) is 37.8 Å². The topological polar surface area (TPSA) is 36.9 Å². The second-order valence-corrected chi connectivity index (χ2v) is 5.88. The molecule has 0 aliphatic carbocycles. The van der Waals surface area contributed by atoms with E-state index in [4.69, 9.17) is 18.9 Å². The van der Waals surface area contributed by atoms with Crippen molar-refractivity contribution in [3.63, 3.8) is 0 Å². The Kier molecular flexibility index (Phi) is 10.1. The van der Waals surface area contributed by atoms with Crippen LogP contribution in [0.3, 0.4) is 0 Å². The standard InChI is InChI=1S/2C11H16O2/c2*1-4-5-9-6-7-10(12-2)11(8-9)13-3/h2*6-8H,4-5H2,1-3H3. The third-order valence-electron chi connectivity index (χ3n) is 3.97. The Hall–Kier alpha value is -2.36.